The normalized spacial score (nSPS) is 13.0. The first kappa shape index (κ1) is 13.5. The van der Waals surface area contributed by atoms with Gasteiger partial charge >= 0.3 is 0 Å². The van der Waals surface area contributed by atoms with Crippen LogP contribution in [0.25, 0.3) is 11.0 Å². The molecule has 0 N–H and O–H groups in total. The third-order valence-electron chi connectivity index (χ3n) is 3.21. The fraction of sp³-hybridized carbons (Fsp3) is 0.267. The van der Waals surface area contributed by atoms with Crippen LogP contribution >= 0.6 is 23.2 Å². The van der Waals surface area contributed by atoms with Crippen molar-refractivity contribution in [2.75, 3.05) is 0 Å². The molecule has 1 aromatic carbocycles. The van der Waals surface area contributed by atoms with Crippen molar-refractivity contribution in [1.29, 1.82) is 0 Å². The molecule has 1 unspecified atom stereocenters. The van der Waals surface area contributed by atoms with Gasteiger partial charge in [0.15, 0.2) is 0 Å². The van der Waals surface area contributed by atoms with E-state index in [1.165, 1.54) is 0 Å². The molecule has 2 heterocycles. The van der Waals surface area contributed by atoms with Crippen LogP contribution in [0.3, 0.4) is 0 Å². The SMILES string of the molecule is Cc1ccc(Cn2c(C(C)Cl)nc3ccc(Cl)cc32)o1. The van der Waals surface area contributed by atoms with Gasteiger partial charge in [0.05, 0.1) is 23.0 Å². The van der Waals surface area contributed by atoms with E-state index in [9.17, 15) is 0 Å². The van der Waals surface area contributed by atoms with Gasteiger partial charge in [-0.1, -0.05) is 11.6 Å². The summed E-state index contributed by atoms with van der Waals surface area (Å²) in [6.45, 7) is 4.43. The molecule has 0 radical (unpaired) electrons. The molecule has 0 amide bonds. The van der Waals surface area contributed by atoms with Crippen LogP contribution in [0.2, 0.25) is 5.02 Å². The van der Waals surface area contributed by atoms with E-state index >= 15 is 0 Å². The van der Waals surface area contributed by atoms with Gasteiger partial charge in [-0.3, -0.25) is 0 Å². The lowest BCUT2D eigenvalue weighted by Gasteiger charge is -2.09. The second-order valence-corrected chi connectivity index (χ2v) is 5.91. The summed E-state index contributed by atoms with van der Waals surface area (Å²) in [6.07, 6.45) is 0. The molecule has 0 bridgehead atoms. The fourth-order valence-electron chi connectivity index (χ4n) is 2.31. The van der Waals surface area contributed by atoms with E-state index in [0.717, 1.165) is 28.4 Å². The van der Waals surface area contributed by atoms with Crippen LogP contribution in [0.4, 0.5) is 0 Å². The highest BCUT2D eigenvalue weighted by molar-refractivity contribution is 6.31. The van der Waals surface area contributed by atoms with Gasteiger partial charge in [-0.05, 0) is 44.2 Å². The maximum Gasteiger partial charge on any atom is 0.128 e. The third kappa shape index (κ3) is 2.43. The minimum absolute atomic E-state index is 0.183. The first-order valence-corrected chi connectivity index (χ1v) is 7.21. The van der Waals surface area contributed by atoms with E-state index in [1.807, 2.05) is 44.2 Å². The molecule has 0 spiro atoms. The minimum atomic E-state index is -0.183. The Hall–Kier alpha value is -1.45. The lowest BCUT2D eigenvalue weighted by atomic mass is 10.3. The highest BCUT2D eigenvalue weighted by Gasteiger charge is 2.16. The molecule has 0 aliphatic rings. The molecule has 0 saturated heterocycles. The Labute approximate surface area is 127 Å². The number of imidazole rings is 1. The number of aryl methyl sites for hydroxylation is 1. The van der Waals surface area contributed by atoms with Crippen molar-refractivity contribution >= 4 is 34.2 Å². The van der Waals surface area contributed by atoms with E-state index in [-0.39, 0.29) is 5.38 Å². The Bertz CT molecular complexity index is 758. The van der Waals surface area contributed by atoms with E-state index < -0.39 is 0 Å². The monoisotopic (exact) mass is 308 g/mol. The van der Waals surface area contributed by atoms with Crippen molar-refractivity contribution in [2.45, 2.75) is 25.8 Å². The predicted molar refractivity (Wildman–Crippen MR) is 81.6 cm³/mol. The van der Waals surface area contributed by atoms with Crippen molar-refractivity contribution in [2.24, 2.45) is 0 Å². The third-order valence-corrected chi connectivity index (χ3v) is 3.64. The number of halogens is 2. The lowest BCUT2D eigenvalue weighted by molar-refractivity contribution is 0.469. The summed E-state index contributed by atoms with van der Waals surface area (Å²) in [6, 6.07) is 9.56. The van der Waals surface area contributed by atoms with Gasteiger partial charge in [-0.25, -0.2) is 4.98 Å². The van der Waals surface area contributed by atoms with E-state index in [0.29, 0.717) is 11.6 Å². The van der Waals surface area contributed by atoms with Crippen LogP contribution in [0.1, 0.15) is 29.6 Å². The molecular formula is C15H14Cl2N2O. The highest BCUT2D eigenvalue weighted by atomic mass is 35.5. The van der Waals surface area contributed by atoms with Crippen LogP contribution in [0, 0.1) is 6.92 Å². The summed E-state index contributed by atoms with van der Waals surface area (Å²) in [7, 11) is 0. The molecular weight excluding hydrogens is 295 g/mol. The van der Waals surface area contributed by atoms with Gasteiger partial charge in [-0.15, -0.1) is 11.6 Å². The van der Waals surface area contributed by atoms with E-state index in [1.54, 1.807) is 0 Å². The summed E-state index contributed by atoms with van der Waals surface area (Å²) in [5, 5.41) is 0.500. The quantitative estimate of drug-likeness (QED) is 0.642. The van der Waals surface area contributed by atoms with Gasteiger partial charge in [0, 0.05) is 5.02 Å². The number of benzene rings is 1. The average Bonchev–Trinajstić information content (AvgIpc) is 2.95. The zero-order chi connectivity index (χ0) is 14.3. The van der Waals surface area contributed by atoms with E-state index in [4.69, 9.17) is 27.6 Å². The first-order chi connectivity index (χ1) is 9.54. The second-order valence-electron chi connectivity index (χ2n) is 4.82. The number of furan rings is 1. The average molecular weight is 309 g/mol. The number of nitrogens with zero attached hydrogens (tertiary/aromatic N) is 2. The van der Waals surface area contributed by atoms with Gasteiger partial charge < -0.3 is 8.98 Å². The smallest absolute Gasteiger partial charge is 0.128 e. The van der Waals surface area contributed by atoms with Crippen LogP contribution in [-0.4, -0.2) is 9.55 Å². The number of fused-ring (bicyclic) bond motifs is 1. The van der Waals surface area contributed by atoms with Crippen molar-refractivity contribution in [1.82, 2.24) is 9.55 Å². The molecule has 0 saturated carbocycles. The molecule has 0 aliphatic carbocycles. The maximum atomic E-state index is 6.24. The molecule has 2 aromatic heterocycles. The zero-order valence-corrected chi connectivity index (χ0v) is 12.7. The molecule has 0 aliphatic heterocycles. The number of hydrogen-bond acceptors (Lipinski definition) is 2. The molecule has 0 fully saturated rings. The van der Waals surface area contributed by atoms with Gasteiger partial charge in [-0.2, -0.15) is 0 Å². The molecule has 3 aromatic rings. The number of rotatable bonds is 3. The molecule has 5 heteroatoms. The first-order valence-electron chi connectivity index (χ1n) is 6.39. The summed E-state index contributed by atoms with van der Waals surface area (Å²) in [5.74, 6) is 2.58. The second kappa shape index (κ2) is 5.15. The molecule has 1 atom stereocenters. The Kier molecular flexibility index (Phi) is 3.48. The van der Waals surface area contributed by atoms with Crippen molar-refractivity contribution in [3.8, 4) is 0 Å². The van der Waals surface area contributed by atoms with Gasteiger partial charge in [0.25, 0.3) is 0 Å². The number of alkyl halides is 1. The van der Waals surface area contributed by atoms with Crippen molar-refractivity contribution in [3.05, 3.63) is 52.7 Å². The minimum Gasteiger partial charge on any atom is -0.464 e. The summed E-state index contributed by atoms with van der Waals surface area (Å²) < 4.78 is 7.70. The fourth-order valence-corrected chi connectivity index (χ4v) is 2.64. The standard InChI is InChI=1S/C15H14Cl2N2O/c1-9-3-5-12(20-9)8-19-14-7-11(17)4-6-13(14)18-15(19)10(2)16/h3-7,10H,8H2,1-2H3. The summed E-state index contributed by atoms with van der Waals surface area (Å²) in [5.41, 5.74) is 1.86. The number of hydrogen-bond donors (Lipinski definition) is 0. The predicted octanol–water partition coefficient (Wildman–Crippen LogP) is 4.94. The Morgan fingerprint density at radius 3 is 2.75 bits per heavy atom. The molecule has 104 valence electrons. The summed E-state index contributed by atoms with van der Waals surface area (Å²) in [4.78, 5) is 4.59. The van der Waals surface area contributed by atoms with E-state index in [2.05, 4.69) is 9.55 Å². The Morgan fingerprint density at radius 2 is 2.10 bits per heavy atom. The Balaban J connectivity index is 2.15. The zero-order valence-electron chi connectivity index (χ0n) is 11.2. The van der Waals surface area contributed by atoms with Crippen LogP contribution < -0.4 is 0 Å². The van der Waals surface area contributed by atoms with Crippen LogP contribution in [-0.2, 0) is 6.54 Å². The lowest BCUT2D eigenvalue weighted by Crippen LogP contribution is -2.05. The molecule has 20 heavy (non-hydrogen) atoms. The number of aromatic nitrogens is 2. The Morgan fingerprint density at radius 1 is 1.30 bits per heavy atom. The highest BCUT2D eigenvalue weighted by Crippen LogP contribution is 2.27. The van der Waals surface area contributed by atoms with Gasteiger partial charge in [0.2, 0.25) is 0 Å². The van der Waals surface area contributed by atoms with Crippen LogP contribution in [0.15, 0.2) is 34.7 Å². The largest absolute Gasteiger partial charge is 0.464 e. The van der Waals surface area contributed by atoms with Crippen molar-refractivity contribution in [3.63, 3.8) is 0 Å². The topological polar surface area (TPSA) is 31.0 Å². The summed E-state index contributed by atoms with van der Waals surface area (Å²) >= 11 is 12.3. The van der Waals surface area contributed by atoms with Crippen LogP contribution in [0.5, 0.6) is 0 Å². The maximum absolute atomic E-state index is 6.24. The van der Waals surface area contributed by atoms with Gasteiger partial charge in [0.1, 0.15) is 17.3 Å². The van der Waals surface area contributed by atoms with Crippen molar-refractivity contribution < 1.29 is 4.42 Å². The molecule has 3 nitrogen and oxygen atoms in total. The molecule has 3 rings (SSSR count).